The number of carbonyl (C=O) groups excluding carboxylic acids is 1. The Bertz CT molecular complexity index is 1020. The molecule has 4 heterocycles. The fraction of sp³-hybridized carbons (Fsp3) is 0.450. The van der Waals surface area contributed by atoms with Crippen molar-refractivity contribution in [3.05, 3.63) is 36.0 Å². The van der Waals surface area contributed by atoms with Crippen LogP contribution in [0.1, 0.15) is 18.5 Å². The average Bonchev–Trinajstić information content (AvgIpc) is 3.44. The van der Waals surface area contributed by atoms with E-state index in [9.17, 15) is 4.79 Å². The van der Waals surface area contributed by atoms with E-state index in [-0.39, 0.29) is 5.91 Å². The number of amides is 1. The van der Waals surface area contributed by atoms with Crippen molar-refractivity contribution in [1.29, 1.82) is 0 Å². The summed E-state index contributed by atoms with van der Waals surface area (Å²) in [6.07, 6.45) is 1.54. The van der Waals surface area contributed by atoms with Crippen LogP contribution < -0.4 is 0 Å². The molecule has 1 amide bonds. The Morgan fingerprint density at radius 3 is 2.93 bits per heavy atom. The van der Waals surface area contributed by atoms with E-state index in [1.54, 1.807) is 0 Å². The molecule has 1 saturated heterocycles. The fourth-order valence-corrected chi connectivity index (χ4v) is 4.02. The Morgan fingerprint density at radius 2 is 2.11 bits per heavy atom. The lowest BCUT2D eigenvalue weighted by molar-refractivity contribution is -0.140. The normalized spacial score (nSPS) is 17.4. The predicted molar refractivity (Wildman–Crippen MR) is 104 cm³/mol. The second-order valence-corrected chi connectivity index (χ2v) is 7.41. The Labute approximate surface area is 163 Å². The molecule has 8 nitrogen and oxygen atoms in total. The van der Waals surface area contributed by atoms with Crippen LogP contribution in [0, 0.1) is 0 Å². The van der Waals surface area contributed by atoms with Crippen LogP contribution >= 0.6 is 0 Å². The van der Waals surface area contributed by atoms with Gasteiger partial charge in [-0.05, 0) is 24.6 Å². The largest absolute Gasteiger partial charge is 0.335 e. The van der Waals surface area contributed by atoms with Crippen molar-refractivity contribution < 1.29 is 9.63 Å². The van der Waals surface area contributed by atoms with Crippen LogP contribution in [0.15, 0.2) is 30.3 Å². The summed E-state index contributed by atoms with van der Waals surface area (Å²) in [6.45, 7) is 4.35. The molecule has 0 saturated carbocycles. The minimum Gasteiger partial charge on any atom is -0.335 e. The summed E-state index contributed by atoms with van der Waals surface area (Å²) in [5.74, 6) is 1.03. The Balaban J connectivity index is 1.32. The van der Waals surface area contributed by atoms with Crippen molar-refractivity contribution in [2.75, 3.05) is 26.2 Å². The number of rotatable bonds is 4. The molecule has 2 aliphatic rings. The minimum atomic E-state index is 0.173. The van der Waals surface area contributed by atoms with Gasteiger partial charge in [-0.25, -0.2) is 4.98 Å². The van der Waals surface area contributed by atoms with Crippen molar-refractivity contribution in [2.45, 2.75) is 25.9 Å². The number of aromatic nitrogens is 4. The van der Waals surface area contributed by atoms with Crippen LogP contribution in [0.4, 0.5) is 0 Å². The van der Waals surface area contributed by atoms with E-state index in [4.69, 9.17) is 14.9 Å². The highest BCUT2D eigenvalue weighted by molar-refractivity contribution is 5.80. The van der Waals surface area contributed by atoms with Crippen LogP contribution in [0.3, 0.4) is 0 Å². The number of hydrogen-bond acceptors (Lipinski definition) is 5. The molecule has 0 atom stereocenters. The number of hydroxylamine groups is 2. The van der Waals surface area contributed by atoms with Gasteiger partial charge in [-0.15, -0.1) is 0 Å². The van der Waals surface area contributed by atoms with Crippen LogP contribution in [0.25, 0.3) is 22.6 Å². The maximum absolute atomic E-state index is 12.6. The van der Waals surface area contributed by atoms with Crippen molar-refractivity contribution in [1.82, 2.24) is 29.3 Å². The van der Waals surface area contributed by atoms with Gasteiger partial charge >= 0.3 is 0 Å². The average molecular weight is 380 g/mol. The minimum absolute atomic E-state index is 0.173. The molecule has 0 spiro atoms. The molecule has 1 fully saturated rings. The number of aryl methyl sites for hydroxylation is 1. The number of fused-ring (bicyclic) bond motifs is 2. The molecule has 28 heavy (non-hydrogen) atoms. The summed E-state index contributed by atoms with van der Waals surface area (Å²) in [7, 11) is 2.01. The first-order valence-electron chi connectivity index (χ1n) is 9.83. The fourth-order valence-electron chi connectivity index (χ4n) is 4.02. The molecule has 0 radical (unpaired) electrons. The zero-order valence-corrected chi connectivity index (χ0v) is 16.0. The van der Waals surface area contributed by atoms with E-state index in [2.05, 4.69) is 16.7 Å². The number of hydrogen-bond donors (Lipinski definition) is 0. The third kappa shape index (κ3) is 3.08. The smallest absolute Gasteiger partial charge is 0.224 e. The molecule has 3 aromatic rings. The molecular weight excluding hydrogens is 356 g/mol. The molecule has 0 bridgehead atoms. The van der Waals surface area contributed by atoms with Gasteiger partial charge in [-0.3, -0.25) is 14.3 Å². The highest BCUT2D eigenvalue weighted by Crippen LogP contribution is 2.25. The topological polar surface area (TPSA) is 68.4 Å². The highest BCUT2D eigenvalue weighted by atomic mass is 16.7. The van der Waals surface area contributed by atoms with E-state index in [0.29, 0.717) is 32.6 Å². The van der Waals surface area contributed by atoms with E-state index < -0.39 is 0 Å². The third-order valence-electron chi connectivity index (χ3n) is 5.57. The third-order valence-corrected chi connectivity index (χ3v) is 5.57. The molecule has 2 aromatic heterocycles. The quantitative estimate of drug-likeness (QED) is 0.691. The molecular formula is C20H24N6O2. The molecule has 0 N–H and O–H groups in total. The first-order chi connectivity index (χ1) is 13.7. The van der Waals surface area contributed by atoms with Gasteiger partial charge in [0.1, 0.15) is 5.69 Å². The number of benzene rings is 1. The monoisotopic (exact) mass is 380 g/mol. The van der Waals surface area contributed by atoms with Crippen molar-refractivity contribution in [3.8, 4) is 11.5 Å². The number of imidazole rings is 1. The Kier molecular flexibility index (Phi) is 4.37. The lowest BCUT2D eigenvalue weighted by Crippen LogP contribution is -2.39. The van der Waals surface area contributed by atoms with Crippen molar-refractivity contribution in [3.63, 3.8) is 0 Å². The number of para-hydroxylation sites is 2. The zero-order chi connectivity index (χ0) is 19.1. The molecule has 1 aromatic carbocycles. The summed E-state index contributed by atoms with van der Waals surface area (Å²) in [5.41, 5.74) is 3.96. The summed E-state index contributed by atoms with van der Waals surface area (Å²) >= 11 is 0. The van der Waals surface area contributed by atoms with Gasteiger partial charge in [0.2, 0.25) is 5.91 Å². The van der Waals surface area contributed by atoms with Crippen LogP contribution in [0.2, 0.25) is 0 Å². The van der Waals surface area contributed by atoms with E-state index in [1.807, 2.05) is 39.9 Å². The predicted octanol–water partition coefficient (Wildman–Crippen LogP) is 1.81. The van der Waals surface area contributed by atoms with E-state index in [1.165, 1.54) is 0 Å². The number of nitrogens with zero attached hydrogens (tertiary/aromatic N) is 6. The lowest BCUT2D eigenvalue weighted by atomic mass is 10.2. The van der Waals surface area contributed by atoms with E-state index >= 15 is 0 Å². The first-order valence-corrected chi connectivity index (χ1v) is 9.83. The number of carbonyl (C=O) groups is 1. The van der Waals surface area contributed by atoms with Crippen molar-refractivity contribution in [2.24, 2.45) is 7.05 Å². The Hall–Kier alpha value is -2.71. The zero-order valence-electron chi connectivity index (χ0n) is 16.0. The van der Waals surface area contributed by atoms with E-state index in [0.717, 1.165) is 47.8 Å². The second kappa shape index (κ2) is 7.03. The van der Waals surface area contributed by atoms with Gasteiger partial charge in [0.15, 0.2) is 5.82 Å². The molecule has 0 unspecified atom stereocenters. The van der Waals surface area contributed by atoms with Gasteiger partial charge in [-0.1, -0.05) is 12.1 Å². The SMILES string of the molecule is Cn1c(-c2cc3n(n2)CCN(C(=O)CCN2CCCO2)C3)nc2ccccc21. The summed E-state index contributed by atoms with van der Waals surface area (Å²) in [6, 6.07) is 10.1. The molecule has 5 rings (SSSR count). The first kappa shape index (κ1) is 17.4. The van der Waals surface area contributed by atoms with Gasteiger partial charge < -0.3 is 9.47 Å². The molecule has 0 aliphatic carbocycles. The molecule has 146 valence electrons. The van der Waals surface area contributed by atoms with Crippen LogP contribution in [0.5, 0.6) is 0 Å². The second-order valence-electron chi connectivity index (χ2n) is 7.41. The van der Waals surface area contributed by atoms with Crippen LogP contribution in [-0.2, 0) is 29.8 Å². The van der Waals surface area contributed by atoms with Crippen LogP contribution in [-0.4, -0.2) is 61.4 Å². The summed E-state index contributed by atoms with van der Waals surface area (Å²) < 4.78 is 4.07. The maximum Gasteiger partial charge on any atom is 0.224 e. The standard InChI is InChI=1S/C20H24N6O2/c1-23-18-6-3-2-5-16(18)21-20(23)17-13-15-14-24(10-11-26(15)22-17)19(27)7-9-25-8-4-12-28-25/h2-3,5-6,13H,4,7-12,14H2,1H3. The van der Waals surface area contributed by atoms with Gasteiger partial charge in [-0.2, -0.15) is 10.2 Å². The van der Waals surface area contributed by atoms with Gasteiger partial charge in [0.05, 0.1) is 36.4 Å². The highest BCUT2D eigenvalue weighted by Gasteiger charge is 2.24. The molecule has 8 heteroatoms. The summed E-state index contributed by atoms with van der Waals surface area (Å²) in [5, 5.41) is 6.65. The van der Waals surface area contributed by atoms with Crippen molar-refractivity contribution >= 4 is 16.9 Å². The molecule has 2 aliphatic heterocycles. The Morgan fingerprint density at radius 1 is 1.21 bits per heavy atom. The van der Waals surface area contributed by atoms with Gasteiger partial charge in [0, 0.05) is 33.1 Å². The maximum atomic E-state index is 12.6. The lowest BCUT2D eigenvalue weighted by Gasteiger charge is -2.28. The summed E-state index contributed by atoms with van der Waals surface area (Å²) in [4.78, 5) is 24.7. The van der Waals surface area contributed by atoms with Gasteiger partial charge in [0.25, 0.3) is 0 Å².